The Balaban J connectivity index is 1.37. The van der Waals surface area contributed by atoms with Crippen LogP contribution >= 0.6 is 11.3 Å². The predicted octanol–water partition coefficient (Wildman–Crippen LogP) is 4.09. The lowest BCUT2D eigenvalue weighted by atomic mass is 10.0. The minimum atomic E-state index is -3.16. The van der Waals surface area contributed by atoms with Gasteiger partial charge in [0.2, 0.25) is 10.0 Å². The fourth-order valence-corrected chi connectivity index (χ4v) is 6.73. The van der Waals surface area contributed by atoms with Gasteiger partial charge >= 0.3 is 6.03 Å². The summed E-state index contributed by atoms with van der Waals surface area (Å²) in [4.78, 5) is 18.7. The van der Waals surface area contributed by atoms with Crippen LogP contribution in [0.4, 0.5) is 4.79 Å². The SMILES string of the molecule is CCCS(=O)(=O)N1CC=C(c2ccc3nc(OC4CCN(C(=O)NC(C)C)CC4)sc3c2)CC1. The Morgan fingerprint density at radius 3 is 2.68 bits per heavy atom. The standard InChI is InChI=1S/C24H34N4O4S2/c1-4-15-34(30,31)28-13-7-18(8-14-28)19-5-6-21-22(16-19)33-24(26-21)32-20-9-11-27(12-10-20)23(29)25-17(2)3/h5-7,16-17,20H,4,8-15H2,1-3H3,(H,25,29). The van der Waals surface area contributed by atoms with E-state index in [2.05, 4.69) is 22.4 Å². The maximum atomic E-state index is 12.3. The van der Waals surface area contributed by atoms with E-state index in [9.17, 15) is 13.2 Å². The van der Waals surface area contributed by atoms with Gasteiger partial charge in [0.15, 0.2) is 0 Å². The molecule has 0 saturated carbocycles. The van der Waals surface area contributed by atoms with Gasteiger partial charge in [-0.1, -0.05) is 30.4 Å². The van der Waals surface area contributed by atoms with Crippen LogP contribution in [0.5, 0.6) is 5.19 Å². The molecule has 1 fully saturated rings. The molecule has 2 amide bonds. The zero-order valence-electron chi connectivity index (χ0n) is 20.1. The van der Waals surface area contributed by atoms with E-state index < -0.39 is 10.0 Å². The molecule has 0 unspecified atom stereocenters. The first-order chi connectivity index (χ1) is 16.2. The number of carbonyl (C=O) groups is 1. The van der Waals surface area contributed by atoms with Gasteiger partial charge in [-0.25, -0.2) is 18.2 Å². The Bertz CT molecular complexity index is 1150. The smallest absolute Gasteiger partial charge is 0.317 e. The van der Waals surface area contributed by atoms with Gasteiger partial charge in [0.25, 0.3) is 5.19 Å². The number of benzene rings is 1. The lowest BCUT2D eigenvalue weighted by molar-refractivity contribution is 0.110. The zero-order valence-corrected chi connectivity index (χ0v) is 21.8. The third kappa shape index (κ3) is 5.90. The minimum Gasteiger partial charge on any atom is -0.467 e. The van der Waals surface area contributed by atoms with Gasteiger partial charge in [-0.05, 0) is 50.0 Å². The highest BCUT2D eigenvalue weighted by Gasteiger charge is 2.26. The molecule has 0 aliphatic carbocycles. The topological polar surface area (TPSA) is 91.8 Å². The van der Waals surface area contributed by atoms with E-state index in [1.54, 1.807) is 4.31 Å². The first-order valence-corrected chi connectivity index (χ1v) is 14.5. The number of rotatable bonds is 7. The Kier molecular flexibility index (Phi) is 7.79. The molecule has 0 radical (unpaired) electrons. The molecule has 1 N–H and O–H groups in total. The molecule has 8 nitrogen and oxygen atoms in total. The maximum absolute atomic E-state index is 12.3. The van der Waals surface area contributed by atoms with Gasteiger partial charge in [0.05, 0.1) is 16.0 Å². The largest absolute Gasteiger partial charge is 0.467 e. The molecule has 2 aromatic rings. The van der Waals surface area contributed by atoms with E-state index in [-0.39, 0.29) is 23.9 Å². The van der Waals surface area contributed by atoms with Crippen molar-refractivity contribution in [2.45, 2.75) is 58.6 Å². The normalized spacial score (nSPS) is 18.4. The van der Waals surface area contributed by atoms with E-state index in [1.807, 2.05) is 37.8 Å². The lowest BCUT2D eigenvalue weighted by Gasteiger charge is -2.32. The number of hydrogen-bond donors (Lipinski definition) is 1. The molecule has 34 heavy (non-hydrogen) atoms. The van der Waals surface area contributed by atoms with E-state index in [0.717, 1.165) is 28.6 Å². The summed E-state index contributed by atoms with van der Waals surface area (Å²) in [6, 6.07) is 6.31. The van der Waals surface area contributed by atoms with Crippen molar-refractivity contribution in [2.75, 3.05) is 31.9 Å². The third-order valence-electron chi connectivity index (χ3n) is 6.18. The monoisotopic (exact) mass is 506 g/mol. The number of aromatic nitrogens is 1. The minimum absolute atomic E-state index is 0.0101. The van der Waals surface area contributed by atoms with Crippen molar-refractivity contribution in [1.29, 1.82) is 0 Å². The van der Waals surface area contributed by atoms with Gasteiger partial charge in [-0.2, -0.15) is 4.31 Å². The summed E-state index contributed by atoms with van der Waals surface area (Å²) in [6.07, 6.45) is 5.00. The third-order valence-corrected chi connectivity index (χ3v) is 9.13. The van der Waals surface area contributed by atoms with Crippen LogP contribution in [0, 0.1) is 0 Å². The number of amides is 2. The molecular formula is C24H34N4O4S2. The number of urea groups is 1. The highest BCUT2D eigenvalue weighted by molar-refractivity contribution is 7.89. The number of carbonyl (C=O) groups excluding carboxylic acids is 1. The molecule has 2 aliphatic heterocycles. The fourth-order valence-electron chi connectivity index (χ4n) is 4.36. The number of piperidine rings is 1. The molecule has 1 aromatic carbocycles. The predicted molar refractivity (Wildman–Crippen MR) is 137 cm³/mol. The van der Waals surface area contributed by atoms with Crippen molar-refractivity contribution >= 4 is 43.2 Å². The summed E-state index contributed by atoms with van der Waals surface area (Å²) >= 11 is 1.54. The van der Waals surface area contributed by atoms with Gasteiger partial charge in [-0.3, -0.25) is 0 Å². The van der Waals surface area contributed by atoms with Crippen LogP contribution in [0.3, 0.4) is 0 Å². The van der Waals surface area contributed by atoms with Crippen molar-refractivity contribution in [2.24, 2.45) is 0 Å². The molecule has 0 spiro atoms. The van der Waals surface area contributed by atoms with Crippen molar-refractivity contribution in [3.05, 3.63) is 29.8 Å². The summed E-state index contributed by atoms with van der Waals surface area (Å²) in [6.45, 7) is 8.13. The highest BCUT2D eigenvalue weighted by atomic mass is 32.2. The van der Waals surface area contributed by atoms with Gasteiger partial charge in [-0.15, -0.1) is 0 Å². The Hall–Kier alpha value is -2.17. The Morgan fingerprint density at radius 1 is 1.26 bits per heavy atom. The van der Waals surface area contributed by atoms with Crippen molar-refractivity contribution in [1.82, 2.24) is 19.5 Å². The van der Waals surface area contributed by atoms with Crippen LogP contribution in [0.25, 0.3) is 15.8 Å². The summed E-state index contributed by atoms with van der Waals surface area (Å²) in [5.74, 6) is 0.204. The van der Waals surface area contributed by atoms with E-state index >= 15 is 0 Å². The average Bonchev–Trinajstić information content (AvgIpc) is 3.20. The number of nitrogens with one attached hydrogen (secondary N) is 1. The molecule has 1 saturated heterocycles. The van der Waals surface area contributed by atoms with Crippen molar-refractivity contribution in [3.8, 4) is 5.19 Å². The second kappa shape index (κ2) is 10.6. The first kappa shape index (κ1) is 24.9. The number of likely N-dealkylation sites (tertiary alicyclic amines) is 1. The van der Waals surface area contributed by atoms with Crippen molar-refractivity contribution < 1.29 is 17.9 Å². The molecule has 2 aliphatic rings. The summed E-state index contributed by atoms with van der Waals surface area (Å²) in [5, 5.41) is 3.60. The Labute approximate surface area is 206 Å². The quantitative estimate of drug-likeness (QED) is 0.611. The summed E-state index contributed by atoms with van der Waals surface area (Å²) < 4.78 is 33.4. The number of hydrogen-bond acceptors (Lipinski definition) is 6. The molecule has 0 atom stereocenters. The molecular weight excluding hydrogens is 472 g/mol. The highest BCUT2D eigenvalue weighted by Crippen LogP contribution is 2.33. The van der Waals surface area contributed by atoms with Crippen LogP contribution in [0.2, 0.25) is 0 Å². The second-order valence-electron chi connectivity index (χ2n) is 9.22. The number of fused-ring (bicyclic) bond motifs is 1. The summed E-state index contributed by atoms with van der Waals surface area (Å²) in [7, 11) is -3.16. The van der Waals surface area contributed by atoms with Crippen LogP contribution in [-0.4, -0.2) is 72.7 Å². The Morgan fingerprint density at radius 2 is 2.03 bits per heavy atom. The fraction of sp³-hybridized carbons (Fsp3) is 0.583. The lowest BCUT2D eigenvalue weighted by Crippen LogP contribution is -2.48. The number of thiazole rings is 1. The molecule has 10 heteroatoms. The number of nitrogens with zero attached hydrogens (tertiary/aromatic N) is 3. The van der Waals surface area contributed by atoms with Gasteiger partial charge in [0.1, 0.15) is 6.10 Å². The second-order valence-corrected chi connectivity index (χ2v) is 12.3. The summed E-state index contributed by atoms with van der Waals surface area (Å²) in [5.41, 5.74) is 3.19. The van der Waals surface area contributed by atoms with E-state index in [0.29, 0.717) is 44.2 Å². The van der Waals surface area contributed by atoms with Crippen LogP contribution in [-0.2, 0) is 10.0 Å². The molecule has 1 aromatic heterocycles. The number of ether oxygens (including phenoxy) is 1. The first-order valence-electron chi connectivity index (χ1n) is 12.0. The average molecular weight is 507 g/mol. The maximum Gasteiger partial charge on any atom is 0.317 e. The zero-order chi connectivity index (χ0) is 24.3. The van der Waals surface area contributed by atoms with E-state index in [1.165, 1.54) is 16.9 Å². The molecule has 4 rings (SSSR count). The number of sulfonamides is 1. The van der Waals surface area contributed by atoms with E-state index in [4.69, 9.17) is 4.74 Å². The van der Waals surface area contributed by atoms with Crippen LogP contribution < -0.4 is 10.1 Å². The molecule has 186 valence electrons. The van der Waals surface area contributed by atoms with Crippen LogP contribution in [0.15, 0.2) is 24.3 Å². The molecule has 3 heterocycles. The molecule has 0 bridgehead atoms. The van der Waals surface area contributed by atoms with Crippen molar-refractivity contribution in [3.63, 3.8) is 0 Å². The van der Waals surface area contributed by atoms with Gasteiger partial charge < -0.3 is 15.0 Å². The van der Waals surface area contributed by atoms with Crippen LogP contribution in [0.1, 0.15) is 52.0 Å². The van der Waals surface area contributed by atoms with Gasteiger partial charge in [0, 0.05) is 45.1 Å².